The fourth-order valence-electron chi connectivity index (χ4n) is 1.79. The molecule has 0 bridgehead atoms. The number of nitrogens with zero attached hydrogens (tertiary/aromatic N) is 1. The second kappa shape index (κ2) is 8.77. The number of benzene rings is 1. The summed E-state index contributed by atoms with van der Waals surface area (Å²) in [5.41, 5.74) is 7.12. The van der Waals surface area contributed by atoms with Crippen LogP contribution in [0.15, 0.2) is 29.6 Å². The van der Waals surface area contributed by atoms with Crippen LogP contribution in [-0.2, 0) is 14.6 Å². The van der Waals surface area contributed by atoms with E-state index in [4.69, 9.17) is 17.3 Å². The fraction of sp³-hybridized carbons (Fsp3) is 0.286. The lowest BCUT2D eigenvalue weighted by Gasteiger charge is -2.09. The topological polar surface area (TPSA) is 102 Å². The minimum Gasteiger partial charge on any atom is -0.320 e. The molecule has 0 aliphatic rings. The van der Waals surface area contributed by atoms with Gasteiger partial charge in [-0.1, -0.05) is 29.8 Å². The van der Waals surface area contributed by atoms with Crippen molar-refractivity contribution in [2.45, 2.75) is 12.5 Å². The van der Waals surface area contributed by atoms with Gasteiger partial charge in [0, 0.05) is 22.2 Å². The normalized spacial score (nSPS) is 12.3. The van der Waals surface area contributed by atoms with Crippen LogP contribution in [-0.4, -0.2) is 37.4 Å². The molecule has 1 aromatic heterocycles. The Bertz CT molecular complexity index is 809. The molecule has 1 atom stereocenters. The average molecular weight is 410 g/mol. The van der Waals surface area contributed by atoms with Crippen LogP contribution < -0.4 is 11.1 Å². The minimum atomic E-state index is -3.15. The molecule has 2 aromatic rings. The van der Waals surface area contributed by atoms with Crippen LogP contribution in [0.25, 0.3) is 11.3 Å². The van der Waals surface area contributed by atoms with Gasteiger partial charge in [-0.05, 0) is 12.5 Å². The van der Waals surface area contributed by atoms with Gasteiger partial charge in [0.15, 0.2) is 5.13 Å². The zero-order chi connectivity index (χ0) is 17.0. The van der Waals surface area contributed by atoms with Gasteiger partial charge in [-0.15, -0.1) is 23.7 Å². The van der Waals surface area contributed by atoms with Crippen molar-refractivity contribution < 1.29 is 13.2 Å². The predicted octanol–water partition coefficient (Wildman–Crippen LogP) is 2.59. The largest absolute Gasteiger partial charge is 0.320 e. The van der Waals surface area contributed by atoms with Gasteiger partial charge in [-0.25, -0.2) is 13.4 Å². The summed E-state index contributed by atoms with van der Waals surface area (Å²) in [6.07, 6.45) is 1.17. The molecule has 6 nitrogen and oxygen atoms in total. The lowest BCUT2D eigenvalue weighted by molar-refractivity contribution is -0.117. The predicted molar refractivity (Wildman–Crippen MR) is 101 cm³/mol. The van der Waals surface area contributed by atoms with E-state index in [1.807, 2.05) is 18.2 Å². The molecule has 0 fully saturated rings. The lowest BCUT2D eigenvalue weighted by atomic mass is 10.2. The van der Waals surface area contributed by atoms with E-state index in [1.165, 1.54) is 11.3 Å². The average Bonchev–Trinajstić information content (AvgIpc) is 2.92. The number of sulfone groups is 1. The number of rotatable bonds is 6. The van der Waals surface area contributed by atoms with Gasteiger partial charge in [-0.2, -0.15) is 0 Å². The molecule has 1 unspecified atom stereocenters. The molecule has 0 saturated carbocycles. The van der Waals surface area contributed by atoms with E-state index in [2.05, 4.69) is 10.3 Å². The van der Waals surface area contributed by atoms with Crippen LogP contribution in [0, 0.1) is 0 Å². The Morgan fingerprint density at radius 3 is 2.71 bits per heavy atom. The Hall–Kier alpha value is -1.19. The van der Waals surface area contributed by atoms with Crippen molar-refractivity contribution in [3.63, 3.8) is 0 Å². The monoisotopic (exact) mass is 409 g/mol. The van der Waals surface area contributed by atoms with Gasteiger partial charge in [0.05, 0.1) is 17.5 Å². The molecule has 1 aromatic carbocycles. The Balaban J connectivity index is 0.00000288. The number of carbonyl (C=O) groups is 1. The highest BCUT2D eigenvalue weighted by atomic mass is 35.5. The number of nitrogens with two attached hydrogens (primary N) is 1. The second-order valence-electron chi connectivity index (χ2n) is 5.03. The van der Waals surface area contributed by atoms with Crippen molar-refractivity contribution in [2.75, 3.05) is 17.3 Å². The zero-order valence-corrected chi connectivity index (χ0v) is 15.9. The number of hydrogen-bond acceptors (Lipinski definition) is 6. The minimum absolute atomic E-state index is 0. The van der Waals surface area contributed by atoms with Crippen LogP contribution in [0.5, 0.6) is 0 Å². The van der Waals surface area contributed by atoms with E-state index < -0.39 is 21.8 Å². The van der Waals surface area contributed by atoms with Gasteiger partial charge >= 0.3 is 0 Å². The molecule has 1 heterocycles. The van der Waals surface area contributed by atoms with Gasteiger partial charge < -0.3 is 11.1 Å². The standard InChI is InChI=1S/C14H16ClN3O3S2.ClH/c1-23(20,21)7-6-11(16)13(19)18-14-17-12(8-22-14)9-4-2-3-5-10(9)15;/h2-5,8,11H,6-7,16H2,1H3,(H,17,18,19);1H. The smallest absolute Gasteiger partial charge is 0.243 e. The van der Waals surface area contributed by atoms with Gasteiger partial charge in [0.2, 0.25) is 5.91 Å². The molecule has 0 spiro atoms. The van der Waals surface area contributed by atoms with E-state index in [0.717, 1.165) is 11.8 Å². The van der Waals surface area contributed by atoms with Crippen molar-refractivity contribution in [2.24, 2.45) is 5.73 Å². The summed E-state index contributed by atoms with van der Waals surface area (Å²) in [5.74, 6) is -0.599. The van der Waals surface area contributed by atoms with Crippen LogP contribution in [0.1, 0.15) is 6.42 Å². The summed E-state index contributed by atoms with van der Waals surface area (Å²) < 4.78 is 22.2. The fourth-order valence-corrected chi connectivity index (χ4v) is 3.42. The molecule has 24 heavy (non-hydrogen) atoms. The van der Waals surface area contributed by atoms with E-state index in [-0.39, 0.29) is 24.6 Å². The number of hydrogen-bond donors (Lipinski definition) is 2. The Morgan fingerprint density at radius 2 is 2.08 bits per heavy atom. The van der Waals surface area contributed by atoms with E-state index in [9.17, 15) is 13.2 Å². The van der Waals surface area contributed by atoms with Crippen LogP contribution in [0.3, 0.4) is 0 Å². The number of carbonyl (C=O) groups excluding carboxylic acids is 1. The maximum absolute atomic E-state index is 12.0. The Labute approximate surface area is 155 Å². The second-order valence-corrected chi connectivity index (χ2v) is 8.56. The van der Waals surface area contributed by atoms with Gasteiger partial charge in [0.1, 0.15) is 9.84 Å². The molecular weight excluding hydrogens is 393 g/mol. The van der Waals surface area contributed by atoms with Gasteiger partial charge in [-0.3, -0.25) is 4.79 Å². The molecule has 0 aliphatic carbocycles. The maximum atomic E-state index is 12.0. The van der Waals surface area contributed by atoms with Crippen molar-refractivity contribution in [1.82, 2.24) is 4.98 Å². The molecule has 1 amide bonds. The lowest BCUT2D eigenvalue weighted by Crippen LogP contribution is -2.37. The number of thiazole rings is 1. The zero-order valence-electron chi connectivity index (χ0n) is 12.7. The summed E-state index contributed by atoms with van der Waals surface area (Å²) in [6, 6.07) is 6.36. The quantitative estimate of drug-likeness (QED) is 0.762. The summed E-state index contributed by atoms with van der Waals surface area (Å²) in [7, 11) is -3.15. The summed E-state index contributed by atoms with van der Waals surface area (Å²) >= 11 is 7.36. The van der Waals surface area contributed by atoms with E-state index >= 15 is 0 Å². The number of aromatic nitrogens is 1. The first-order chi connectivity index (χ1) is 10.8. The number of halogens is 2. The number of amides is 1. The van der Waals surface area contributed by atoms with Crippen molar-refractivity contribution in [3.8, 4) is 11.3 Å². The molecular formula is C14H17Cl2N3O3S2. The first kappa shape index (κ1) is 20.9. The van der Waals surface area contributed by atoms with Crippen molar-refractivity contribution in [1.29, 1.82) is 0 Å². The summed E-state index contributed by atoms with van der Waals surface area (Å²) in [5, 5.41) is 5.33. The van der Waals surface area contributed by atoms with Crippen LogP contribution in [0.4, 0.5) is 5.13 Å². The molecule has 132 valence electrons. The highest BCUT2D eigenvalue weighted by Crippen LogP contribution is 2.30. The first-order valence-electron chi connectivity index (χ1n) is 6.71. The summed E-state index contributed by atoms with van der Waals surface area (Å²) in [6.45, 7) is 0. The van der Waals surface area contributed by atoms with E-state index in [1.54, 1.807) is 11.4 Å². The molecule has 10 heteroatoms. The molecule has 0 radical (unpaired) electrons. The SMILES string of the molecule is CS(=O)(=O)CCC(N)C(=O)Nc1nc(-c2ccccc2Cl)cs1.Cl. The Kier molecular flexibility index (Phi) is 7.62. The molecule has 0 aliphatic heterocycles. The maximum Gasteiger partial charge on any atom is 0.243 e. The summed E-state index contributed by atoms with van der Waals surface area (Å²) in [4.78, 5) is 16.3. The highest BCUT2D eigenvalue weighted by molar-refractivity contribution is 7.90. The number of anilines is 1. The highest BCUT2D eigenvalue weighted by Gasteiger charge is 2.17. The number of nitrogens with one attached hydrogen (secondary N) is 1. The first-order valence-corrected chi connectivity index (χ1v) is 10.0. The molecule has 0 saturated heterocycles. The molecule has 2 rings (SSSR count). The van der Waals surface area contributed by atoms with Crippen molar-refractivity contribution >= 4 is 56.2 Å². The Morgan fingerprint density at radius 1 is 1.42 bits per heavy atom. The third-order valence-electron chi connectivity index (χ3n) is 3.02. The van der Waals surface area contributed by atoms with Gasteiger partial charge in [0.25, 0.3) is 0 Å². The third-order valence-corrected chi connectivity index (χ3v) is 5.09. The third kappa shape index (κ3) is 6.03. The molecule has 3 N–H and O–H groups in total. The van der Waals surface area contributed by atoms with Crippen molar-refractivity contribution in [3.05, 3.63) is 34.7 Å². The van der Waals surface area contributed by atoms with Crippen LogP contribution in [0.2, 0.25) is 5.02 Å². The van der Waals surface area contributed by atoms with Crippen LogP contribution >= 0.6 is 35.3 Å². The van der Waals surface area contributed by atoms with E-state index in [0.29, 0.717) is 15.8 Å².